The Kier molecular flexibility index (Phi) is 3.45. The van der Waals surface area contributed by atoms with Gasteiger partial charge in [0, 0.05) is 0 Å². The molecule has 13 heavy (non-hydrogen) atoms. The van der Waals surface area contributed by atoms with Crippen molar-refractivity contribution in [3.05, 3.63) is 0 Å². The summed E-state index contributed by atoms with van der Waals surface area (Å²) in [6.07, 6.45) is -4.83. The second-order valence-electron chi connectivity index (χ2n) is 3.04. The van der Waals surface area contributed by atoms with Crippen LogP contribution in [0.1, 0.15) is 20.3 Å². The molecule has 0 atom stereocenters. The molecule has 1 N–H and O–H groups in total. The zero-order valence-electron chi connectivity index (χ0n) is 7.23. The summed E-state index contributed by atoms with van der Waals surface area (Å²) in [5.41, 5.74) is -2.30. The molecule has 0 aliphatic heterocycles. The Balaban J connectivity index is 4.33. The highest BCUT2D eigenvalue weighted by molar-refractivity contribution is 5.88. The van der Waals surface area contributed by atoms with Gasteiger partial charge in [-0.3, -0.25) is 4.79 Å². The van der Waals surface area contributed by atoms with Crippen molar-refractivity contribution in [3.63, 3.8) is 0 Å². The van der Waals surface area contributed by atoms with Crippen molar-refractivity contribution in [2.24, 2.45) is 0 Å². The molecule has 76 valence electrons. The molecule has 0 radical (unpaired) electrons. The fourth-order valence-electron chi connectivity index (χ4n) is 0.546. The first-order valence-electron chi connectivity index (χ1n) is 3.52. The van der Waals surface area contributed by atoms with Crippen LogP contribution in [0.25, 0.3) is 0 Å². The zero-order chi connectivity index (χ0) is 10.7. The summed E-state index contributed by atoms with van der Waals surface area (Å²) in [5, 5.41) is 1.70. The normalized spacial score (nSPS) is 12.4. The third kappa shape index (κ3) is 3.43. The van der Waals surface area contributed by atoms with Crippen LogP contribution < -0.4 is 5.32 Å². The average Bonchev–Trinajstić information content (AvgIpc) is 1.83. The van der Waals surface area contributed by atoms with Gasteiger partial charge in [0.25, 0.3) is 0 Å². The van der Waals surface area contributed by atoms with Crippen molar-refractivity contribution in [1.29, 1.82) is 0 Å². The third-order valence-electron chi connectivity index (χ3n) is 1.43. The number of nitrogens with one attached hydrogen (secondary N) is 1. The molecule has 0 saturated heterocycles. The van der Waals surface area contributed by atoms with Crippen molar-refractivity contribution in [2.45, 2.75) is 32.0 Å². The predicted molar refractivity (Wildman–Crippen MR) is 39.0 cm³/mol. The lowest BCUT2D eigenvalue weighted by Gasteiger charge is -2.28. The zero-order valence-corrected chi connectivity index (χ0v) is 7.23. The minimum atomic E-state index is -4.52. The molecule has 0 saturated carbocycles. The van der Waals surface area contributed by atoms with Crippen molar-refractivity contribution >= 4 is 12.2 Å². The Labute approximate surface area is 73.3 Å². The van der Waals surface area contributed by atoms with E-state index in [9.17, 15) is 22.8 Å². The van der Waals surface area contributed by atoms with E-state index in [4.69, 9.17) is 0 Å². The number of hydrogen-bond acceptors (Lipinski definition) is 2. The summed E-state index contributed by atoms with van der Waals surface area (Å²) in [7, 11) is 0. The highest BCUT2D eigenvalue weighted by atomic mass is 19.4. The highest BCUT2D eigenvalue weighted by Gasteiger charge is 2.48. The van der Waals surface area contributed by atoms with Gasteiger partial charge in [-0.15, -0.1) is 0 Å². The number of carbonyl (C=O) groups excluding carboxylic acids is 2. The summed E-state index contributed by atoms with van der Waals surface area (Å²) >= 11 is 0. The van der Waals surface area contributed by atoms with Gasteiger partial charge >= 0.3 is 6.18 Å². The monoisotopic (exact) mass is 197 g/mol. The van der Waals surface area contributed by atoms with Crippen LogP contribution >= 0.6 is 0 Å². The third-order valence-corrected chi connectivity index (χ3v) is 1.43. The SMILES string of the molecule is CC(C)(NC(=O)CC=O)C(F)(F)F. The maximum atomic E-state index is 12.1. The van der Waals surface area contributed by atoms with Crippen LogP contribution in [0.3, 0.4) is 0 Å². The van der Waals surface area contributed by atoms with Crippen molar-refractivity contribution in [2.75, 3.05) is 0 Å². The molecule has 0 aliphatic carbocycles. The second kappa shape index (κ2) is 3.76. The van der Waals surface area contributed by atoms with Gasteiger partial charge in [-0.05, 0) is 13.8 Å². The lowest BCUT2D eigenvalue weighted by molar-refractivity contribution is -0.188. The van der Waals surface area contributed by atoms with E-state index in [0.717, 1.165) is 13.8 Å². The first kappa shape index (κ1) is 11.9. The number of rotatable bonds is 3. The van der Waals surface area contributed by atoms with Gasteiger partial charge in [0.05, 0.1) is 6.42 Å². The number of alkyl halides is 3. The molecule has 0 spiro atoms. The van der Waals surface area contributed by atoms with Gasteiger partial charge in [-0.25, -0.2) is 0 Å². The molecule has 0 unspecified atom stereocenters. The fraction of sp³-hybridized carbons (Fsp3) is 0.714. The molecule has 0 aromatic carbocycles. The molecule has 6 heteroatoms. The molecule has 0 heterocycles. The molecular weight excluding hydrogens is 187 g/mol. The van der Waals surface area contributed by atoms with Crippen LogP contribution in [-0.4, -0.2) is 23.9 Å². The summed E-state index contributed by atoms with van der Waals surface area (Å²) < 4.78 is 36.4. The van der Waals surface area contributed by atoms with Gasteiger partial charge < -0.3 is 10.1 Å². The van der Waals surface area contributed by atoms with E-state index in [-0.39, 0.29) is 6.29 Å². The van der Waals surface area contributed by atoms with Crippen LogP contribution in [0, 0.1) is 0 Å². The summed E-state index contributed by atoms with van der Waals surface area (Å²) in [4.78, 5) is 20.5. The molecule has 0 rings (SSSR count). The first-order chi connectivity index (χ1) is 5.70. The van der Waals surface area contributed by atoms with Gasteiger partial charge in [-0.2, -0.15) is 13.2 Å². The lowest BCUT2D eigenvalue weighted by atomic mass is 10.1. The summed E-state index contributed by atoms with van der Waals surface area (Å²) in [6.45, 7) is 1.66. The summed E-state index contributed by atoms with van der Waals surface area (Å²) in [5.74, 6) is -0.933. The Hall–Kier alpha value is -1.07. The van der Waals surface area contributed by atoms with Crippen molar-refractivity contribution < 1.29 is 22.8 Å². The maximum Gasteiger partial charge on any atom is 0.410 e. The smallest absolute Gasteiger partial charge is 0.342 e. The Morgan fingerprint density at radius 2 is 1.85 bits per heavy atom. The number of carbonyl (C=O) groups is 2. The lowest BCUT2D eigenvalue weighted by Crippen LogP contribution is -2.54. The maximum absolute atomic E-state index is 12.1. The molecule has 0 aromatic heterocycles. The number of halogens is 3. The number of amides is 1. The average molecular weight is 197 g/mol. The topological polar surface area (TPSA) is 46.2 Å². The van der Waals surface area contributed by atoms with E-state index in [0.29, 0.717) is 0 Å². The molecule has 1 amide bonds. The van der Waals surface area contributed by atoms with E-state index in [1.165, 1.54) is 0 Å². The Morgan fingerprint density at radius 1 is 1.38 bits per heavy atom. The Morgan fingerprint density at radius 3 is 2.15 bits per heavy atom. The molecule has 0 aliphatic rings. The van der Waals surface area contributed by atoms with Gasteiger partial charge in [-0.1, -0.05) is 0 Å². The molecule has 0 bridgehead atoms. The number of hydrogen-bond donors (Lipinski definition) is 1. The van der Waals surface area contributed by atoms with Crippen LogP contribution in [0.4, 0.5) is 13.2 Å². The van der Waals surface area contributed by atoms with Crippen molar-refractivity contribution in [3.8, 4) is 0 Å². The first-order valence-corrected chi connectivity index (χ1v) is 3.52. The fourth-order valence-corrected chi connectivity index (χ4v) is 0.546. The van der Waals surface area contributed by atoms with E-state index >= 15 is 0 Å². The quantitative estimate of drug-likeness (QED) is 0.542. The van der Waals surface area contributed by atoms with Crippen LogP contribution in [0.2, 0.25) is 0 Å². The highest BCUT2D eigenvalue weighted by Crippen LogP contribution is 2.29. The molecule has 0 aromatic rings. The Bertz CT molecular complexity index is 210. The van der Waals surface area contributed by atoms with Gasteiger partial charge in [0.2, 0.25) is 5.91 Å². The minimum Gasteiger partial charge on any atom is -0.342 e. The summed E-state index contributed by atoms with van der Waals surface area (Å²) in [6, 6.07) is 0. The minimum absolute atomic E-state index is 0.252. The largest absolute Gasteiger partial charge is 0.410 e. The van der Waals surface area contributed by atoms with Crippen molar-refractivity contribution in [1.82, 2.24) is 5.32 Å². The molecule has 0 fully saturated rings. The number of aldehydes is 1. The van der Waals surface area contributed by atoms with E-state index < -0.39 is 24.0 Å². The van der Waals surface area contributed by atoms with Crippen LogP contribution in [0.5, 0.6) is 0 Å². The van der Waals surface area contributed by atoms with Gasteiger partial charge in [0.15, 0.2) is 0 Å². The van der Waals surface area contributed by atoms with E-state index in [2.05, 4.69) is 0 Å². The second-order valence-corrected chi connectivity index (χ2v) is 3.04. The van der Waals surface area contributed by atoms with Crippen LogP contribution in [-0.2, 0) is 9.59 Å². The van der Waals surface area contributed by atoms with E-state index in [1.54, 1.807) is 5.32 Å². The van der Waals surface area contributed by atoms with Crippen LogP contribution in [0.15, 0.2) is 0 Å². The van der Waals surface area contributed by atoms with E-state index in [1.807, 2.05) is 0 Å². The standard InChI is InChI=1S/C7H10F3NO2/c1-6(2,7(8,9)10)11-5(13)3-4-12/h4H,3H2,1-2H3,(H,11,13). The molecular formula is C7H10F3NO2. The molecule has 3 nitrogen and oxygen atoms in total. The predicted octanol–water partition coefficient (Wildman–Crippen LogP) is 1.03. The van der Waals surface area contributed by atoms with Gasteiger partial charge in [0.1, 0.15) is 11.8 Å².